The van der Waals surface area contributed by atoms with Crippen molar-refractivity contribution >= 4 is 17.4 Å². The molecule has 0 radical (unpaired) electrons. The van der Waals surface area contributed by atoms with Gasteiger partial charge in [-0.3, -0.25) is 9.48 Å². The smallest absolute Gasteiger partial charge is 0.356 e. The first-order valence-electron chi connectivity index (χ1n) is 6.72. The number of nitrogens with zero attached hydrogens (tertiary/aromatic N) is 2. The Morgan fingerprint density at radius 1 is 1.29 bits per heavy atom. The molecule has 110 valence electrons. The second kappa shape index (κ2) is 6.21. The van der Waals surface area contributed by atoms with E-state index in [1.165, 1.54) is 10.7 Å². The molecule has 0 spiro atoms. The molecule has 0 saturated carbocycles. The number of para-hydroxylation sites is 1. The standard InChI is InChI=1S/C15H17N3O3/c1-3-18-13(15(20)21-4-2)9-12(17-18)14(19)10-7-5-6-8-11(10)16/h5-9H,3-4,16H2,1-2H3. The summed E-state index contributed by atoms with van der Waals surface area (Å²) in [5, 5.41) is 4.16. The van der Waals surface area contributed by atoms with Crippen molar-refractivity contribution in [2.75, 3.05) is 12.3 Å². The fourth-order valence-electron chi connectivity index (χ4n) is 1.98. The molecule has 2 rings (SSSR count). The molecule has 0 fully saturated rings. The van der Waals surface area contributed by atoms with Crippen molar-refractivity contribution in [1.82, 2.24) is 9.78 Å². The quantitative estimate of drug-likeness (QED) is 0.515. The van der Waals surface area contributed by atoms with Crippen LogP contribution < -0.4 is 5.73 Å². The van der Waals surface area contributed by atoms with Crippen LogP contribution in [-0.2, 0) is 11.3 Å². The summed E-state index contributed by atoms with van der Waals surface area (Å²) in [5.41, 5.74) is 6.99. The second-order valence-electron chi connectivity index (χ2n) is 4.37. The molecule has 0 atom stereocenters. The van der Waals surface area contributed by atoms with Gasteiger partial charge in [0.2, 0.25) is 5.78 Å². The Morgan fingerprint density at radius 2 is 2.00 bits per heavy atom. The van der Waals surface area contributed by atoms with Crippen molar-refractivity contribution < 1.29 is 14.3 Å². The van der Waals surface area contributed by atoms with Gasteiger partial charge in [-0.1, -0.05) is 12.1 Å². The summed E-state index contributed by atoms with van der Waals surface area (Å²) in [6.07, 6.45) is 0. The number of aryl methyl sites for hydroxylation is 1. The number of benzene rings is 1. The Morgan fingerprint density at radius 3 is 2.62 bits per heavy atom. The number of carbonyl (C=O) groups is 2. The van der Waals surface area contributed by atoms with E-state index >= 15 is 0 Å². The number of hydrogen-bond donors (Lipinski definition) is 1. The van der Waals surface area contributed by atoms with E-state index in [0.717, 1.165) is 0 Å². The number of esters is 1. The molecule has 6 nitrogen and oxygen atoms in total. The van der Waals surface area contributed by atoms with Crippen LogP contribution in [0.25, 0.3) is 0 Å². The number of hydrogen-bond acceptors (Lipinski definition) is 5. The van der Waals surface area contributed by atoms with E-state index in [1.807, 2.05) is 6.92 Å². The lowest BCUT2D eigenvalue weighted by Gasteiger charge is -2.02. The number of nitrogen functional groups attached to an aromatic ring is 1. The average molecular weight is 287 g/mol. The van der Waals surface area contributed by atoms with Crippen LogP contribution in [-0.4, -0.2) is 28.1 Å². The Hall–Kier alpha value is -2.63. The summed E-state index contributed by atoms with van der Waals surface area (Å²) in [5.74, 6) is -0.808. The van der Waals surface area contributed by atoms with Gasteiger partial charge in [0.1, 0.15) is 11.4 Å². The maximum absolute atomic E-state index is 12.4. The lowest BCUT2D eigenvalue weighted by atomic mass is 10.1. The van der Waals surface area contributed by atoms with Crippen LogP contribution in [0.15, 0.2) is 30.3 Å². The third-order valence-corrected chi connectivity index (χ3v) is 3.00. The van der Waals surface area contributed by atoms with Gasteiger partial charge in [0.25, 0.3) is 0 Å². The molecule has 21 heavy (non-hydrogen) atoms. The van der Waals surface area contributed by atoms with Gasteiger partial charge < -0.3 is 10.5 Å². The van der Waals surface area contributed by atoms with Crippen molar-refractivity contribution in [1.29, 1.82) is 0 Å². The van der Waals surface area contributed by atoms with Crippen molar-refractivity contribution in [2.24, 2.45) is 0 Å². The van der Waals surface area contributed by atoms with E-state index in [2.05, 4.69) is 5.10 Å². The van der Waals surface area contributed by atoms with Gasteiger partial charge in [0.15, 0.2) is 0 Å². The number of nitrogens with two attached hydrogens (primary N) is 1. The first-order valence-corrected chi connectivity index (χ1v) is 6.72. The molecule has 0 aliphatic rings. The molecule has 0 amide bonds. The third kappa shape index (κ3) is 2.94. The maximum atomic E-state index is 12.4. The minimum atomic E-state index is -0.494. The molecule has 1 aromatic carbocycles. The summed E-state index contributed by atoms with van der Waals surface area (Å²) < 4.78 is 6.41. The topological polar surface area (TPSA) is 87.2 Å². The summed E-state index contributed by atoms with van der Waals surface area (Å²) in [6.45, 7) is 4.29. The summed E-state index contributed by atoms with van der Waals surface area (Å²) in [6, 6.07) is 8.20. The van der Waals surface area contributed by atoms with Gasteiger partial charge in [0, 0.05) is 23.9 Å². The molecular formula is C15H17N3O3. The first-order chi connectivity index (χ1) is 10.1. The highest BCUT2D eigenvalue weighted by Crippen LogP contribution is 2.17. The number of aromatic nitrogens is 2. The zero-order chi connectivity index (χ0) is 15.4. The predicted molar refractivity (Wildman–Crippen MR) is 78.1 cm³/mol. The highest BCUT2D eigenvalue weighted by Gasteiger charge is 2.21. The number of anilines is 1. The van der Waals surface area contributed by atoms with Crippen LogP contribution in [0.1, 0.15) is 40.4 Å². The van der Waals surface area contributed by atoms with Gasteiger partial charge in [0.05, 0.1) is 6.61 Å². The average Bonchev–Trinajstić information content (AvgIpc) is 2.91. The zero-order valence-corrected chi connectivity index (χ0v) is 12.0. The van der Waals surface area contributed by atoms with Crippen LogP contribution in [0.3, 0.4) is 0 Å². The molecule has 0 unspecified atom stereocenters. The minimum Gasteiger partial charge on any atom is -0.461 e. The van der Waals surface area contributed by atoms with Gasteiger partial charge in [-0.2, -0.15) is 5.10 Å². The van der Waals surface area contributed by atoms with Crippen molar-refractivity contribution in [3.8, 4) is 0 Å². The maximum Gasteiger partial charge on any atom is 0.356 e. The molecule has 0 aliphatic carbocycles. The van der Waals surface area contributed by atoms with E-state index in [0.29, 0.717) is 17.8 Å². The molecule has 2 N–H and O–H groups in total. The van der Waals surface area contributed by atoms with Crippen LogP contribution in [0, 0.1) is 0 Å². The molecule has 2 aromatic rings. The molecule has 6 heteroatoms. The molecule has 0 bridgehead atoms. The fraction of sp³-hybridized carbons (Fsp3) is 0.267. The van der Waals surface area contributed by atoms with Crippen LogP contribution in [0.4, 0.5) is 5.69 Å². The summed E-state index contributed by atoms with van der Waals surface area (Å²) >= 11 is 0. The van der Waals surface area contributed by atoms with Crippen LogP contribution in [0.2, 0.25) is 0 Å². The summed E-state index contributed by atoms with van der Waals surface area (Å²) in [4.78, 5) is 24.3. The number of rotatable bonds is 5. The molecule has 0 saturated heterocycles. The fourth-order valence-corrected chi connectivity index (χ4v) is 1.98. The molecule has 1 aromatic heterocycles. The first kappa shape index (κ1) is 14.8. The highest BCUT2D eigenvalue weighted by molar-refractivity contribution is 6.11. The van der Waals surface area contributed by atoms with E-state index < -0.39 is 5.97 Å². The third-order valence-electron chi connectivity index (χ3n) is 3.00. The number of carbonyl (C=O) groups excluding carboxylic acids is 2. The minimum absolute atomic E-state index is 0.179. The Labute approximate surface area is 122 Å². The molecular weight excluding hydrogens is 270 g/mol. The van der Waals surface area contributed by atoms with E-state index in [9.17, 15) is 9.59 Å². The summed E-state index contributed by atoms with van der Waals surface area (Å²) in [7, 11) is 0. The van der Waals surface area contributed by atoms with Gasteiger partial charge in [-0.05, 0) is 26.0 Å². The Kier molecular flexibility index (Phi) is 4.37. The lowest BCUT2D eigenvalue weighted by molar-refractivity contribution is 0.0512. The van der Waals surface area contributed by atoms with Crippen molar-refractivity contribution in [3.05, 3.63) is 47.3 Å². The largest absolute Gasteiger partial charge is 0.461 e. The molecule has 0 aliphatic heterocycles. The van der Waals surface area contributed by atoms with Gasteiger partial charge in [-0.15, -0.1) is 0 Å². The number of ketones is 1. The Balaban J connectivity index is 2.39. The van der Waals surface area contributed by atoms with Crippen LogP contribution in [0.5, 0.6) is 0 Å². The van der Waals surface area contributed by atoms with E-state index in [4.69, 9.17) is 10.5 Å². The Bertz CT molecular complexity index is 677. The molecule has 1 heterocycles. The zero-order valence-electron chi connectivity index (χ0n) is 12.0. The van der Waals surface area contributed by atoms with Gasteiger partial charge >= 0.3 is 5.97 Å². The SMILES string of the molecule is CCOC(=O)c1cc(C(=O)c2ccccc2N)nn1CC. The highest BCUT2D eigenvalue weighted by atomic mass is 16.5. The van der Waals surface area contributed by atoms with Crippen molar-refractivity contribution in [2.45, 2.75) is 20.4 Å². The monoisotopic (exact) mass is 287 g/mol. The van der Waals surface area contributed by atoms with E-state index in [-0.39, 0.29) is 23.8 Å². The number of ether oxygens (including phenoxy) is 1. The second-order valence-corrected chi connectivity index (χ2v) is 4.37. The lowest BCUT2D eigenvalue weighted by Crippen LogP contribution is -2.12. The van der Waals surface area contributed by atoms with Gasteiger partial charge in [-0.25, -0.2) is 4.79 Å². The normalized spacial score (nSPS) is 10.4. The van der Waals surface area contributed by atoms with Crippen LogP contribution >= 0.6 is 0 Å². The predicted octanol–water partition coefficient (Wildman–Crippen LogP) is 1.89. The van der Waals surface area contributed by atoms with E-state index in [1.54, 1.807) is 31.2 Å². The van der Waals surface area contributed by atoms with Crippen molar-refractivity contribution in [3.63, 3.8) is 0 Å².